The molecule has 2 aromatic rings. The van der Waals surface area contributed by atoms with E-state index in [1.165, 1.54) is 11.1 Å². The van der Waals surface area contributed by atoms with Gasteiger partial charge in [0.1, 0.15) is 18.1 Å². The number of aromatic hydroxyl groups is 1. The number of phenolic OH excluding ortho intramolecular Hbond substituents is 1. The van der Waals surface area contributed by atoms with Crippen LogP contribution in [0.25, 0.3) is 0 Å². The average molecular weight is 565 g/mol. The molecule has 7 heteroatoms. The van der Waals surface area contributed by atoms with E-state index in [2.05, 4.69) is 48.1 Å². The summed E-state index contributed by atoms with van der Waals surface area (Å²) in [5, 5.41) is 9.92. The van der Waals surface area contributed by atoms with Crippen LogP contribution in [0.5, 0.6) is 11.5 Å². The van der Waals surface area contributed by atoms with Gasteiger partial charge in [0.15, 0.2) is 11.6 Å². The number of rotatable bonds is 11. The van der Waals surface area contributed by atoms with Crippen LogP contribution in [0.15, 0.2) is 60.4 Å². The van der Waals surface area contributed by atoms with Crippen LogP contribution in [0.3, 0.4) is 0 Å². The lowest BCUT2D eigenvalue weighted by molar-refractivity contribution is 0.0390. The van der Waals surface area contributed by atoms with Gasteiger partial charge >= 0.3 is 0 Å². The summed E-state index contributed by atoms with van der Waals surface area (Å²) in [6.07, 6.45) is 11.7. The zero-order valence-corrected chi connectivity index (χ0v) is 24.7. The second kappa shape index (κ2) is 13.9. The number of hydrogen-bond donors (Lipinski definition) is 1. The normalized spacial score (nSPS) is 23.0. The zero-order chi connectivity index (χ0) is 28.8. The van der Waals surface area contributed by atoms with Crippen LogP contribution in [-0.2, 0) is 28.9 Å². The van der Waals surface area contributed by atoms with Crippen molar-refractivity contribution in [3.05, 3.63) is 82.9 Å². The standard InChI is InChI=1S/C34H45FN2O4/c1-4-37(23-24-5-12-34(32(35)19-24)41-18-15-36(2)28-13-16-40-17-14-28)33-22-30(39-3)10-11-31(33)27-7-6-26-21-29(38)9-8-25(26)20-27/h5,8-12,19,21-22,27-28,31,33,38H,4,6-7,13-18,20,23H2,1-3H3/t27-,31?,33?/m1/s1. The Balaban J connectivity index is 1.23. The van der Waals surface area contributed by atoms with Crippen LogP contribution in [0.1, 0.15) is 42.9 Å². The van der Waals surface area contributed by atoms with Crippen LogP contribution >= 0.6 is 0 Å². The number of likely N-dealkylation sites (N-methyl/N-ethyl adjacent to an activating group) is 2. The van der Waals surface area contributed by atoms with E-state index >= 15 is 4.39 Å². The van der Waals surface area contributed by atoms with Gasteiger partial charge in [-0.05, 0) is 111 Å². The second-order valence-corrected chi connectivity index (χ2v) is 11.7. The Hall–Kier alpha value is -2.87. The Bertz CT molecular complexity index is 1230. The van der Waals surface area contributed by atoms with Crippen LogP contribution in [-0.4, -0.2) is 74.1 Å². The Morgan fingerprint density at radius 1 is 1.07 bits per heavy atom. The molecule has 0 aromatic heterocycles. The van der Waals surface area contributed by atoms with Crippen molar-refractivity contribution in [1.82, 2.24) is 9.80 Å². The van der Waals surface area contributed by atoms with Crippen molar-refractivity contribution in [2.45, 2.75) is 57.7 Å². The number of fused-ring (bicyclic) bond motifs is 1. The van der Waals surface area contributed by atoms with Gasteiger partial charge in [0.25, 0.3) is 0 Å². The number of hydrogen-bond acceptors (Lipinski definition) is 6. The van der Waals surface area contributed by atoms with Crippen molar-refractivity contribution in [1.29, 1.82) is 0 Å². The van der Waals surface area contributed by atoms with Crippen molar-refractivity contribution in [2.24, 2.45) is 11.8 Å². The molecule has 0 radical (unpaired) electrons. The first-order valence-corrected chi connectivity index (χ1v) is 15.1. The van der Waals surface area contributed by atoms with E-state index in [4.69, 9.17) is 14.2 Å². The Morgan fingerprint density at radius 3 is 2.66 bits per heavy atom. The molecule has 1 heterocycles. The molecule has 0 amide bonds. The van der Waals surface area contributed by atoms with Gasteiger partial charge < -0.3 is 19.3 Å². The molecule has 1 aliphatic heterocycles. The van der Waals surface area contributed by atoms with Gasteiger partial charge in [-0.1, -0.05) is 25.1 Å². The van der Waals surface area contributed by atoms with Crippen molar-refractivity contribution >= 4 is 0 Å². The molecule has 2 unspecified atom stereocenters. The van der Waals surface area contributed by atoms with Gasteiger partial charge in [-0.15, -0.1) is 0 Å². The van der Waals surface area contributed by atoms with Crippen LogP contribution in [0.4, 0.5) is 4.39 Å². The lowest BCUT2D eigenvalue weighted by Crippen LogP contribution is -2.43. The summed E-state index contributed by atoms with van der Waals surface area (Å²) < 4.78 is 32.1. The summed E-state index contributed by atoms with van der Waals surface area (Å²) in [6.45, 7) is 6.46. The van der Waals surface area contributed by atoms with E-state index in [0.29, 0.717) is 42.5 Å². The molecule has 2 aromatic carbocycles. The second-order valence-electron chi connectivity index (χ2n) is 11.7. The highest BCUT2D eigenvalue weighted by Crippen LogP contribution is 2.38. The predicted octanol–water partition coefficient (Wildman–Crippen LogP) is 5.73. The fourth-order valence-corrected chi connectivity index (χ4v) is 6.70. The monoisotopic (exact) mass is 564 g/mol. The number of benzene rings is 2. The number of methoxy groups -OCH3 is 1. The molecular formula is C34H45FN2O4. The third kappa shape index (κ3) is 7.32. The molecular weight excluding hydrogens is 519 g/mol. The first-order chi connectivity index (χ1) is 19.9. The maximum absolute atomic E-state index is 15.1. The predicted molar refractivity (Wildman–Crippen MR) is 160 cm³/mol. The minimum absolute atomic E-state index is 0.142. The topological polar surface area (TPSA) is 54.4 Å². The van der Waals surface area contributed by atoms with Crippen molar-refractivity contribution in [3.63, 3.8) is 0 Å². The van der Waals surface area contributed by atoms with Crippen molar-refractivity contribution in [2.75, 3.05) is 47.1 Å². The van der Waals surface area contributed by atoms with Gasteiger partial charge in [-0.25, -0.2) is 4.39 Å². The molecule has 41 heavy (non-hydrogen) atoms. The smallest absolute Gasteiger partial charge is 0.165 e. The summed E-state index contributed by atoms with van der Waals surface area (Å²) in [7, 11) is 3.81. The average Bonchev–Trinajstić information content (AvgIpc) is 3.00. The lowest BCUT2D eigenvalue weighted by atomic mass is 9.72. The number of halogens is 1. The minimum Gasteiger partial charge on any atom is -0.508 e. The van der Waals surface area contributed by atoms with Crippen molar-refractivity contribution < 1.29 is 23.7 Å². The molecule has 222 valence electrons. The molecule has 3 aliphatic rings. The number of aryl methyl sites for hydroxylation is 1. The summed E-state index contributed by atoms with van der Waals surface area (Å²) in [6, 6.07) is 11.8. The van der Waals surface area contributed by atoms with Crippen molar-refractivity contribution in [3.8, 4) is 11.5 Å². The molecule has 2 aliphatic carbocycles. The van der Waals surface area contributed by atoms with Crippen LogP contribution < -0.4 is 4.74 Å². The van der Waals surface area contributed by atoms with E-state index in [1.807, 2.05) is 12.1 Å². The SMILES string of the molecule is CCN(Cc1ccc(OCCN(C)C2CCOCC2)c(F)c1)C1C=C(OC)C=CC1[C@@H]1CCc2cc(O)ccc2C1. The molecule has 0 saturated carbocycles. The third-order valence-corrected chi connectivity index (χ3v) is 9.17. The molecule has 3 atom stereocenters. The first kappa shape index (κ1) is 29.6. The number of ether oxygens (including phenoxy) is 3. The van der Waals surface area contributed by atoms with Crippen LogP contribution in [0.2, 0.25) is 0 Å². The molecule has 5 rings (SSSR count). The van der Waals surface area contributed by atoms with Gasteiger partial charge in [0.05, 0.1) is 7.11 Å². The maximum Gasteiger partial charge on any atom is 0.165 e. The number of nitrogens with zero attached hydrogens (tertiary/aromatic N) is 2. The molecule has 1 saturated heterocycles. The number of phenols is 1. The molecule has 1 N–H and O–H groups in total. The fourth-order valence-electron chi connectivity index (χ4n) is 6.70. The zero-order valence-electron chi connectivity index (χ0n) is 24.7. The van der Waals surface area contributed by atoms with Gasteiger partial charge in [-0.2, -0.15) is 0 Å². The summed E-state index contributed by atoms with van der Waals surface area (Å²) in [4.78, 5) is 4.71. The maximum atomic E-state index is 15.1. The number of allylic oxidation sites excluding steroid dienone is 1. The van der Waals surface area contributed by atoms with E-state index < -0.39 is 0 Å². The highest BCUT2D eigenvalue weighted by molar-refractivity contribution is 5.37. The molecule has 0 spiro atoms. The first-order valence-electron chi connectivity index (χ1n) is 15.1. The minimum atomic E-state index is -0.312. The van der Waals surface area contributed by atoms with Gasteiger partial charge in [0, 0.05) is 38.4 Å². The van der Waals surface area contributed by atoms with E-state index in [0.717, 1.165) is 69.7 Å². The third-order valence-electron chi connectivity index (χ3n) is 9.17. The quantitative estimate of drug-likeness (QED) is 0.376. The molecule has 1 fully saturated rings. The van der Waals surface area contributed by atoms with Crippen LogP contribution in [0, 0.1) is 17.7 Å². The summed E-state index contributed by atoms with van der Waals surface area (Å²) in [5.74, 6) is 2.00. The Morgan fingerprint density at radius 2 is 1.90 bits per heavy atom. The van der Waals surface area contributed by atoms with Gasteiger partial charge in [0.2, 0.25) is 0 Å². The lowest BCUT2D eigenvalue weighted by Gasteiger charge is -2.41. The largest absolute Gasteiger partial charge is 0.508 e. The Kier molecular flexibility index (Phi) is 10.0. The molecule has 0 bridgehead atoms. The fraction of sp³-hybridized carbons (Fsp3) is 0.529. The summed E-state index contributed by atoms with van der Waals surface area (Å²) in [5.41, 5.74) is 3.51. The Labute approximate surface area is 244 Å². The molecule has 6 nitrogen and oxygen atoms in total. The van der Waals surface area contributed by atoms with E-state index in [9.17, 15) is 5.11 Å². The van der Waals surface area contributed by atoms with Gasteiger partial charge in [-0.3, -0.25) is 9.80 Å². The summed E-state index contributed by atoms with van der Waals surface area (Å²) >= 11 is 0. The van der Waals surface area contributed by atoms with E-state index in [1.54, 1.807) is 25.3 Å². The highest BCUT2D eigenvalue weighted by Gasteiger charge is 2.34. The highest BCUT2D eigenvalue weighted by atomic mass is 19.1. The van der Waals surface area contributed by atoms with E-state index in [-0.39, 0.29) is 11.9 Å².